The van der Waals surface area contributed by atoms with E-state index in [0.717, 1.165) is 15.9 Å². The van der Waals surface area contributed by atoms with Crippen LogP contribution in [0.2, 0.25) is 0 Å². The molecule has 0 atom stereocenters. The maximum absolute atomic E-state index is 13.7. The summed E-state index contributed by atoms with van der Waals surface area (Å²) < 4.78 is 27.5. The van der Waals surface area contributed by atoms with Gasteiger partial charge in [-0.3, -0.25) is 4.98 Å². The number of hydrogen-bond acceptors (Lipinski definition) is 3. The Hall–Kier alpha value is -2.21. The molecule has 0 aliphatic heterocycles. The zero-order chi connectivity index (χ0) is 15.0. The van der Waals surface area contributed by atoms with E-state index in [0.29, 0.717) is 16.9 Å². The number of aromatic nitrogens is 1. The predicted molar refractivity (Wildman–Crippen MR) is 83.5 cm³/mol. The van der Waals surface area contributed by atoms with Crippen LogP contribution in [-0.2, 0) is 0 Å². The summed E-state index contributed by atoms with van der Waals surface area (Å²) in [5.74, 6) is -1.29. The van der Waals surface area contributed by atoms with Gasteiger partial charge in [-0.1, -0.05) is 0 Å². The van der Waals surface area contributed by atoms with Crippen molar-refractivity contribution in [1.82, 2.24) is 4.98 Å². The van der Waals surface area contributed by atoms with Crippen molar-refractivity contribution < 1.29 is 8.78 Å². The Morgan fingerprint density at radius 1 is 1.05 bits per heavy atom. The van der Waals surface area contributed by atoms with Gasteiger partial charge in [-0.05, 0) is 46.3 Å². The summed E-state index contributed by atoms with van der Waals surface area (Å²) >= 11 is 3.34. The average molecular weight is 350 g/mol. The minimum absolute atomic E-state index is 0.173. The number of halogens is 3. The molecule has 0 bridgehead atoms. The molecule has 106 valence electrons. The number of nitrogens with zero attached hydrogens (tertiary/aromatic N) is 1. The average Bonchev–Trinajstić information content (AvgIpc) is 2.45. The Balaban J connectivity index is 2.11. The lowest BCUT2D eigenvalue weighted by molar-refractivity contribution is 0.586. The van der Waals surface area contributed by atoms with Crippen LogP contribution in [0.25, 0.3) is 10.9 Å². The molecule has 0 saturated heterocycles. The largest absolute Gasteiger partial charge is 0.398 e. The molecule has 0 saturated carbocycles. The first kappa shape index (κ1) is 13.8. The van der Waals surface area contributed by atoms with Crippen LogP contribution in [0.4, 0.5) is 25.8 Å². The summed E-state index contributed by atoms with van der Waals surface area (Å²) in [6, 6.07) is 8.61. The van der Waals surface area contributed by atoms with Gasteiger partial charge in [-0.2, -0.15) is 0 Å². The van der Waals surface area contributed by atoms with Crippen molar-refractivity contribution in [3.8, 4) is 0 Å². The Bertz CT molecular complexity index is 837. The zero-order valence-electron chi connectivity index (χ0n) is 10.7. The van der Waals surface area contributed by atoms with Gasteiger partial charge < -0.3 is 11.1 Å². The number of nitrogen functional groups attached to an aromatic ring is 1. The first-order valence-electron chi connectivity index (χ1n) is 6.10. The number of nitrogens with two attached hydrogens (primary N) is 1. The van der Waals surface area contributed by atoms with Crippen LogP contribution >= 0.6 is 15.9 Å². The number of benzene rings is 2. The highest BCUT2D eigenvalue weighted by Gasteiger charge is 2.09. The molecule has 0 fully saturated rings. The summed E-state index contributed by atoms with van der Waals surface area (Å²) in [4.78, 5) is 4.30. The van der Waals surface area contributed by atoms with Crippen molar-refractivity contribution >= 4 is 43.9 Å². The molecule has 3 rings (SSSR count). The molecule has 1 aromatic heterocycles. The molecule has 3 N–H and O–H groups in total. The number of nitrogens with one attached hydrogen (secondary N) is 1. The summed E-state index contributed by atoms with van der Waals surface area (Å²) in [7, 11) is 0. The molecule has 0 unspecified atom stereocenters. The van der Waals surface area contributed by atoms with Crippen molar-refractivity contribution in [2.75, 3.05) is 11.1 Å². The number of rotatable bonds is 2. The van der Waals surface area contributed by atoms with E-state index < -0.39 is 11.6 Å². The fraction of sp³-hybridized carbons (Fsp3) is 0. The van der Waals surface area contributed by atoms with Crippen molar-refractivity contribution in [1.29, 1.82) is 0 Å². The van der Waals surface area contributed by atoms with Gasteiger partial charge in [0.2, 0.25) is 0 Å². The van der Waals surface area contributed by atoms with E-state index in [9.17, 15) is 8.78 Å². The zero-order valence-corrected chi connectivity index (χ0v) is 12.3. The standard InChI is InChI=1S/C15H10BrF2N3/c16-8-5-10-12(19)2-4-14(15(10)20-7-8)21-13-3-1-9(17)6-11(13)18/h1-7,21H,19H2. The van der Waals surface area contributed by atoms with Crippen LogP contribution in [0.5, 0.6) is 0 Å². The summed E-state index contributed by atoms with van der Waals surface area (Å²) in [6.45, 7) is 0. The summed E-state index contributed by atoms with van der Waals surface area (Å²) in [6.07, 6.45) is 1.63. The fourth-order valence-corrected chi connectivity index (χ4v) is 2.38. The molecule has 0 radical (unpaired) electrons. The quantitative estimate of drug-likeness (QED) is 0.664. The van der Waals surface area contributed by atoms with E-state index in [4.69, 9.17) is 5.73 Å². The normalized spacial score (nSPS) is 10.8. The van der Waals surface area contributed by atoms with Crippen LogP contribution in [0.1, 0.15) is 0 Å². The Labute approximate surface area is 127 Å². The molecule has 2 aromatic carbocycles. The molecule has 6 heteroatoms. The van der Waals surface area contributed by atoms with Gasteiger partial charge in [0.05, 0.1) is 16.9 Å². The SMILES string of the molecule is Nc1ccc(Nc2ccc(F)cc2F)c2ncc(Br)cc12. The van der Waals surface area contributed by atoms with Gasteiger partial charge in [0, 0.05) is 27.8 Å². The molecule has 1 heterocycles. The third-order valence-corrected chi connectivity index (χ3v) is 3.48. The van der Waals surface area contributed by atoms with E-state index in [-0.39, 0.29) is 5.69 Å². The van der Waals surface area contributed by atoms with Gasteiger partial charge >= 0.3 is 0 Å². The molecule has 0 aliphatic carbocycles. The summed E-state index contributed by atoms with van der Waals surface area (Å²) in [5, 5.41) is 3.66. The van der Waals surface area contributed by atoms with Crippen LogP contribution in [0, 0.1) is 11.6 Å². The second kappa shape index (κ2) is 5.29. The van der Waals surface area contributed by atoms with Gasteiger partial charge in [0.25, 0.3) is 0 Å². The minimum Gasteiger partial charge on any atom is -0.398 e. The van der Waals surface area contributed by atoms with E-state index in [1.54, 1.807) is 18.3 Å². The second-order valence-corrected chi connectivity index (χ2v) is 5.42. The van der Waals surface area contributed by atoms with E-state index in [2.05, 4.69) is 26.2 Å². The molecule has 0 spiro atoms. The predicted octanol–water partition coefficient (Wildman–Crippen LogP) is 4.60. The van der Waals surface area contributed by atoms with Crippen LogP contribution in [-0.4, -0.2) is 4.98 Å². The maximum Gasteiger partial charge on any atom is 0.149 e. The fourth-order valence-electron chi connectivity index (χ4n) is 2.05. The molecule has 0 aliphatic rings. The molecular weight excluding hydrogens is 340 g/mol. The van der Waals surface area contributed by atoms with Crippen molar-refractivity contribution in [2.24, 2.45) is 0 Å². The number of pyridine rings is 1. The molecular formula is C15H10BrF2N3. The van der Waals surface area contributed by atoms with E-state index >= 15 is 0 Å². The van der Waals surface area contributed by atoms with Crippen LogP contribution in [0.3, 0.4) is 0 Å². The lowest BCUT2D eigenvalue weighted by Gasteiger charge is -2.11. The Morgan fingerprint density at radius 2 is 1.81 bits per heavy atom. The maximum atomic E-state index is 13.7. The minimum atomic E-state index is -0.669. The smallest absolute Gasteiger partial charge is 0.149 e. The van der Waals surface area contributed by atoms with Gasteiger partial charge in [0.15, 0.2) is 0 Å². The third kappa shape index (κ3) is 2.67. The van der Waals surface area contributed by atoms with Gasteiger partial charge in [-0.25, -0.2) is 8.78 Å². The summed E-state index contributed by atoms with van der Waals surface area (Å²) in [5.41, 5.74) is 7.88. The first-order valence-corrected chi connectivity index (χ1v) is 6.90. The third-order valence-electron chi connectivity index (χ3n) is 3.05. The van der Waals surface area contributed by atoms with Crippen LogP contribution < -0.4 is 11.1 Å². The van der Waals surface area contributed by atoms with E-state index in [1.165, 1.54) is 12.1 Å². The second-order valence-electron chi connectivity index (χ2n) is 4.50. The van der Waals surface area contributed by atoms with Crippen molar-refractivity contribution in [3.05, 3.63) is 58.7 Å². The topological polar surface area (TPSA) is 50.9 Å². The molecule has 3 nitrogen and oxygen atoms in total. The number of anilines is 3. The molecule has 21 heavy (non-hydrogen) atoms. The highest BCUT2D eigenvalue weighted by atomic mass is 79.9. The monoisotopic (exact) mass is 349 g/mol. The first-order chi connectivity index (χ1) is 10.0. The molecule has 3 aromatic rings. The van der Waals surface area contributed by atoms with E-state index in [1.807, 2.05) is 6.07 Å². The molecule has 0 amide bonds. The lowest BCUT2D eigenvalue weighted by atomic mass is 10.1. The van der Waals surface area contributed by atoms with Gasteiger partial charge in [0.1, 0.15) is 11.6 Å². The van der Waals surface area contributed by atoms with Crippen LogP contribution in [0.15, 0.2) is 47.1 Å². The van der Waals surface area contributed by atoms with Crippen molar-refractivity contribution in [2.45, 2.75) is 0 Å². The highest BCUT2D eigenvalue weighted by molar-refractivity contribution is 9.10. The number of hydrogen-bond donors (Lipinski definition) is 2. The highest BCUT2D eigenvalue weighted by Crippen LogP contribution is 2.31. The Morgan fingerprint density at radius 3 is 2.57 bits per heavy atom. The number of fused-ring (bicyclic) bond motifs is 1. The van der Waals surface area contributed by atoms with Crippen molar-refractivity contribution in [3.63, 3.8) is 0 Å². The Kier molecular flexibility index (Phi) is 3.47. The van der Waals surface area contributed by atoms with Gasteiger partial charge in [-0.15, -0.1) is 0 Å². The lowest BCUT2D eigenvalue weighted by Crippen LogP contribution is -1.98.